The number of aliphatic hydroxyl groups is 2. The van der Waals surface area contributed by atoms with Crippen molar-refractivity contribution in [2.45, 2.75) is 257 Å². The first kappa shape index (κ1) is 84.7. The summed E-state index contributed by atoms with van der Waals surface area (Å²) in [6, 6.07) is 0. The van der Waals surface area contributed by atoms with Crippen LogP contribution in [0.3, 0.4) is 0 Å². The van der Waals surface area contributed by atoms with Crippen LogP contribution in [0.4, 0.5) is 0 Å². The standard InChI is InChI=1S/C71H118O16P2/c1-4-7-10-13-16-19-22-24-26-28-30-32-34-36-38-40-43-45-48-51-54-57-69(74)81-60-66(72)61-83-88(77,78)84-62-67(73)63-85-89(79,80)86-65-68(87-71(76)59-56-53-50-47-42-21-18-15-12-9-6-3)64-82-70(75)58-55-52-49-46-44-41-39-37-35-33-31-29-27-25-23-20-17-14-11-8-5-2/h7-8,10-11,16-17,19-20,24-27,30-33,36-39,43,45,66-68,72-73H,4-6,9,12-15,18,21-23,28-29,34-35,40-42,44,46-65H2,1-3H3,(H,77,78)(H,79,80)/b10-7-,11-8-,19-16-,20-17-,26-24-,27-25-,32-30-,33-31-,38-36-,39-37-,45-43-. The lowest BCUT2D eigenvalue weighted by molar-refractivity contribution is -0.161. The smallest absolute Gasteiger partial charge is 0.463 e. The molecule has 0 amide bonds. The summed E-state index contributed by atoms with van der Waals surface area (Å²) in [5, 5.41) is 20.5. The molecule has 18 heteroatoms. The molecule has 508 valence electrons. The molecule has 16 nitrogen and oxygen atoms in total. The summed E-state index contributed by atoms with van der Waals surface area (Å²) in [5.74, 6) is -1.64. The largest absolute Gasteiger partial charge is 0.472 e. The van der Waals surface area contributed by atoms with Gasteiger partial charge < -0.3 is 34.2 Å². The van der Waals surface area contributed by atoms with E-state index in [2.05, 4.69) is 154 Å². The van der Waals surface area contributed by atoms with E-state index in [4.69, 9.17) is 32.3 Å². The van der Waals surface area contributed by atoms with E-state index in [9.17, 15) is 43.5 Å². The Bertz CT molecular complexity index is 2160. The van der Waals surface area contributed by atoms with Gasteiger partial charge in [-0.05, 0) is 116 Å². The van der Waals surface area contributed by atoms with Gasteiger partial charge in [0.05, 0.1) is 26.4 Å². The van der Waals surface area contributed by atoms with Gasteiger partial charge in [-0.1, -0.05) is 238 Å². The lowest BCUT2D eigenvalue weighted by atomic mass is 10.1. The van der Waals surface area contributed by atoms with Gasteiger partial charge in [0.15, 0.2) is 6.10 Å². The van der Waals surface area contributed by atoms with E-state index in [1.165, 1.54) is 38.5 Å². The van der Waals surface area contributed by atoms with Gasteiger partial charge in [-0.2, -0.15) is 0 Å². The minimum absolute atomic E-state index is 0.0974. The first-order valence-electron chi connectivity index (χ1n) is 33.5. The zero-order valence-corrected chi connectivity index (χ0v) is 56.6. The molecule has 5 atom stereocenters. The number of unbranched alkanes of at least 4 members (excludes halogenated alkanes) is 17. The third kappa shape index (κ3) is 65.0. The highest BCUT2D eigenvalue weighted by molar-refractivity contribution is 7.47. The average Bonchev–Trinajstić information content (AvgIpc) is 3.64. The number of hydrogen-bond acceptors (Lipinski definition) is 14. The Morgan fingerprint density at radius 3 is 0.966 bits per heavy atom. The van der Waals surface area contributed by atoms with E-state index in [0.29, 0.717) is 19.3 Å². The maximum atomic E-state index is 12.9. The molecule has 0 aliphatic carbocycles. The third-order valence-electron chi connectivity index (χ3n) is 13.4. The molecule has 0 aliphatic heterocycles. The van der Waals surface area contributed by atoms with E-state index >= 15 is 0 Å². The molecule has 4 N–H and O–H groups in total. The molecular weight excluding hydrogens is 1170 g/mol. The third-order valence-corrected chi connectivity index (χ3v) is 15.3. The van der Waals surface area contributed by atoms with Crippen LogP contribution in [-0.4, -0.2) is 95.9 Å². The first-order valence-corrected chi connectivity index (χ1v) is 36.5. The minimum Gasteiger partial charge on any atom is -0.463 e. The Morgan fingerprint density at radius 1 is 0.326 bits per heavy atom. The summed E-state index contributed by atoms with van der Waals surface area (Å²) in [5.41, 5.74) is 0. The van der Waals surface area contributed by atoms with Crippen LogP contribution in [0.1, 0.15) is 239 Å². The van der Waals surface area contributed by atoms with Crippen molar-refractivity contribution < 1.29 is 75.8 Å². The number of ether oxygens (including phenoxy) is 3. The molecule has 0 aromatic carbocycles. The van der Waals surface area contributed by atoms with Crippen molar-refractivity contribution in [3.8, 4) is 0 Å². The summed E-state index contributed by atoms with van der Waals surface area (Å²) in [6.07, 6.45) is 73.7. The van der Waals surface area contributed by atoms with Gasteiger partial charge in [-0.3, -0.25) is 32.5 Å². The zero-order valence-electron chi connectivity index (χ0n) is 54.8. The molecule has 5 unspecified atom stereocenters. The van der Waals surface area contributed by atoms with Crippen molar-refractivity contribution in [2.24, 2.45) is 0 Å². The molecule has 0 aromatic rings. The lowest BCUT2D eigenvalue weighted by Gasteiger charge is -2.21. The number of carbonyl (C=O) groups is 3. The second kappa shape index (κ2) is 63.8. The Balaban J connectivity index is 4.67. The van der Waals surface area contributed by atoms with Crippen LogP contribution in [0.25, 0.3) is 0 Å². The summed E-state index contributed by atoms with van der Waals surface area (Å²) < 4.78 is 60.7. The van der Waals surface area contributed by atoms with E-state index in [0.717, 1.165) is 141 Å². The molecule has 0 saturated carbocycles. The highest BCUT2D eigenvalue weighted by Gasteiger charge is 2.29. The molecule has 0 saturated heterocycles. The second-order valence-electron chi connectivity index (χ2n) is 21.9. The van der Waals surface area contributed by atoms with Gasteiger partial charge in [0, 0.05) is 19.3 Å². The first-order chi connectivity index (χ1) is 43.2. The maximum Gasteiger partial charge on any atom is 0.472 e. The highest BCUT2D eigenvalue weighted by atomic mass is 31.2. The molecule has 0 aliphatic rings. The number of allylic oxidation sites excluding steroid dienone is 22. The van der Waals surface area contributed by atoms with Gasteiger partial charge in [-0.25, -0.2) is 9.13 Å². The number of carbonyl (C=O) groups excluding carboxylic acids is 3. The van der Waals surface area contributed by atoms with E-state index < -0.39 is 91.5 Å². The Kier molecular flexibility index (Phi) is 60.7. The highest BCUT2D eigenvalue weighted by Crippen LogP contribution is 2.45. The fourth-order valence-electron chi connectivity index (χ4n) is 8.30. The molecule has 0 fully saturated rings. The predicted molar refractivity (Wildman–Crippen MR) is 362 cm³/mol. The Labute approximate surface area is 537 Å². The molecular formula is C71H118O16P2. The summed E-state index contributed by atoms with van der Waals surface area (Å²) in [4.78, 5) is 58.3. The summed E-state index contributed by atoms with van der Waals surface area (Å²) >= 11 is 0. The minimum atomic E-state index is -4.93. The van der Waals surface area contributed by atoms with Crippen molar-refractivity contribution >= 4 is 33.6 Å². The SMILES string of the molecule is CC/C=C\C/C=C\C/C=C\C/C=C\C/C=C\C/C=C\CCCCC(=O)OCC(O)COP(=O)(O)OCC(O)COP(=O)(O)OCC(COC(=O)CCCCCCC/C=C\C/C=C\C/C=C\C/C=C\C/C=C\CC)OC(=O)CCCCCCCCCCCCC. The van der Waals surface area contributed by atoms with Gasteiger partial charge in [-0.15, -0.1) is 0 Å². The predicted octanol–water partition coefficient (Wildman–Crippen LogP) is 18.4. The average molecular weight is 1290 g/mol. The quantitative estimate of drug-likeness (QED) is 0.0146. The Morgan fingerprint density at radius 2 is 0.596 bits per heavy atom. The zero-order chi connectivity index (χ0) is 65.3. The molecule has 0 radical (unpaired) electrons. The van der Waals surface area contributed by atoms with Crippen molar-refractivity contribution in [1.82, 2.24) is 0 Å². The molecule has 0 spiro atoms. The molecule has 0 bridgehead atoms. The number of hydrogen-bond donors (Lipinski definition) is 4. The summed E-state index contributed by atoms with van der Waals surface area (Å²) in [6.45, 7) is 2.33. The fraction of sp³-hybridized carbons (Fsp3) is 0.648. The topological polar surface area (TPSA) is 231 Å². The number of aliphatic hydroxyl groups excluding tert-OH is 2. The van der Waals surface area contributed by atoms with E-state index in [-0.39, 0.29) is 19.3 Å². The molecule has 89 heavy (non-hydrogen) atoms. The van der Waals surface area contributed by atoms with Gasteiger partial charge in [0.25, 0.3) is 0 Å². The van der Waals surface area contributed by atoms with Crippen LogP contribution in [0.5, 0.6) is 0 Å². The van der Waals surface area contributed by atoms with E-state index in [1.807, 2.05) is 0 Å². The van der Waals surface area contributed by atoms with Crippen molar-refractivity contribution in [3.05, 3.63) is 134 Å². The number of phosphoric acid groups is 2. The Hall–Kier alpha value is -4.31. The van der Waals surface area contributed by atoms with E-state index in [1.54, 1.807) is 0 Å². The van der Waals surface area contributed by atoms with Crippen LogP contribution in [0.2, 0.25) is 0 Å². The van der Waals surface area contributed by atoms with Crippen LogP contribution in [-0.2, 0) is 55.8 Å². The monoisotopic (exact) mass is 1290 g/mol. The van der Waals surface area contributed by atoms with Crippen LogP contribution in [0, 0.1) is 0 Å². The number of phosphoric ester groups is 2. The van der Waals surface area contributed by atoms with Crippen LogP contribution < -0.4 is 0 Å². The van der Waals surface area contributed by atoms with Crippen LogP contribution in [0.15, 0.2) is 134 Å². The van der Waals surface area contributed by atoms with Crippen molar-refractivity contribution in [2.75, 3.05) is 39.6 Å². The fourth-order valence-corrected chi connectivity index (χ4v) is 9.89. The number of rotatable bonds is 62. The van der Waals surface area contributed by atoms with Crippen molar-refractivity contribution in [1.29, 1.82) is 0 Å². The lowest BCUT2D eigenvalue weighted by Crippen LogP contribution is -2.30. The summed E-state index contributed by atoms with van der Waals surface area (Å²) in [7, 11) is -9.79. The maximum absolute atomic E-state index is 12.9. The molecule has 0 aromatic heterocycles. The number of esters is 3. The van der Waals surface area contributed by atoms with Crippen molar-refractivity contribution in [3.63, 3.8) is 0 Å². The van der Waals surface area contributed by atoms with Crippen LogP contribution >= 0.6 is 15.6 Å². The molecule has 0 heterocycles. The van der Waals surface area contributed by atoms with Gasteiger partial charge in [0.2, 0.25) is 0 Å². The normalized spacial score (nSPS) is 15.1. The molecule has 0 rings (SSSR count). The van der Waals surface area contributed by atoms with Gasteiger partial charge in [0.1, 0.15) is 25.4 Å². The second-order valence-corrected chi connectivity index (χ2v) is 24.8. The van der Waals surface area contributed by atoms with Gasteiger partial charge >= 0.3 is 33.6 Å².